The molecule has 3 heterocycles. The highest BCUT2D eigenvalue weighted by Gasteiger charge is 2.21. The van der Waals surface area contributed by atoms with Crippen molar-refractivity contribution in [2.24, 2.45) is 5.92 Å². The molecule has 0 aliphatic carbocycles. The Balaban J connectivity index is 1.34. The van der Waals surface area contributed by atoms with E-state index in [1.807, 2.05) is 24.9 Å². The molecule has 0 saturated carbocycles. The number of halogens is 2. The number of anilines is 2. The first-order chi connectivity index (χ1) is 13.2. The molecule has 5 nitrogen and oxygen atoms in total. The van der Waals surface area contributed by atoms with Crippen LogP contribution in [0.5, 0.6) is 0 Å². The van der Waals surface area contributed by atoms with Crippen LogP contribution in [0, 0.1) is 17.6 Å². The average molecular weight is 389 g/mol. The Morgan fingerprint density at radius 3 is 3.04 bits per heavy atom. The lowest BCUT2D eigenvalue weighted by Gasteiger charge is -2.32. The van der Waals surface area contributed by atoms with Crippen LogP contribution in [0.3, 0.4) is 0 Å². The van der Waals surface area contributed by atoms with Crippen LogP contribution in [0.2, 0.25) is 0 Å². The van der Waals surface area contributed by atoms with Crippen LogP contribution >= 0.6 is 11.3 Å². The second-order valence-corrected chi connectivity index (χ2v) is 8.00. The highest BCUT2D eigenvalue weighted by atomic mass is 32.1. The monoisotopic (exact) mass is 389 g/mol. The van der Waals surface area contributed by atoms with Crippen molar-refractivity contribution in [2.75, 3.05) is 18.4 Å². The van der Waals surface area contributed by atoms with Crippen molar-refractivity contribution in [1.29, 1.82) is 0 Å². The summed E-state index contributed by atoms with van der Waals surface area (Å²) < 4.78 is 28.9. The van der Waals surface area contributed by atoms with Gasteiger partial charge in [-0.1, -0.05) is 0 Å². The van der Waals surface area contributed by atoms with Crippen molar-refractivity contribution in [3.63, 3.8) is 0 Å². The molecule has 1 unspecified atom stereocenters. The Hall–Kier alpha value is -2.32. The average Bonchev–Trinajstić information content (AvgIpc) is 3.30. The number of likely N-dealkylation sites (tertiary alicyclic amines) is 1. The molecule has 1 aliphatic rings. The van der Waals surface area contributed by atoms with Gasteiger partial charge in [0.1, 0.15) is 11.6 Å². The van der Waals surface area contributed by atoms with Crippen LogP contribution in [0.15, 0.2) is 43.1 Å². The third-order valence-corrected chi connectivity index (χ3v) is 5.63. The number of piperidine rings is 1. The lowest BCUT2D eigenvalue weighted by Crippen LogP contribution is -2.36. The number of hydrogen-bond donors (Lipinski definition) is 1. The molecule has 1 fully saturated rings. The standard InChI is InChI=1S/C19H21F2N5S/c20-15-3-4-18(17(21)8-15)24-19-23-9-16(27-19)12-25-6-1-2-14(10-25)11-26-7-5-22-13-26/h3-5,7-9,13-14H,1-2,6,10-12H2,(H,23,24). The zero-order chi connectivity index (χ0) is 18.6. The lowest BCUT2D eigenvalue weighted by atomic mass is 9.98. The number of nitrogens with zero attached hydrogens (tertiary/aromatic N) is 4. The van der Waals surface area contributed by atoms with Crippen LogP contribution in [-0.2, 0) is 13.1 Å². The maximum Gasteiger partial charge on any atom is 0.187 e. The number of thiazole rings is 1. The van der Waals surface area contributed by atoms with Gasteiger partial charge < -0.3 is 9.88 Å². The minimum atomic E-state index is -0.620. The van der Waals surface area contributed by atoms with Crippen molar-refractivity contribution >= 4 is 22.2 Å². The van der Waals surface area contributed by atoms with Crippen molar-refractivity contribution in [1.82, 2.24) is 19.4 Å². The number of nitrogens with one attached hydrogen (secondary N) is 1. The molecular weight excluding hydrogens is 368 g/mol. The summed E-state index contributed by atoms with van der Waals surface area (Å²) >= 11 is 1.50. The molecular formula is C19H21F2N5S. The maximum atomic E-state index is 13.8. The van der Waals surface area contributed by atoms with Crippen molar-refractivity contribution in [3.8, 4) is 0 Å². The third kappa shape index (κ3) is 4.70. The molecule has 0 bridgehead atoms. The number of aromatic nitrogens is 3. The van der Waals surface area contributed by atoms with Crippen molar-refractivity contribution < 1.29 is 8.78 Å². The van der Waals surface area contributed by atoms with E-state index in [0.717, 1.165) is 37.1 Å². The molecule has 0 amide bonds. The van der Waals surface area contributed by atoms with E-state index < -0.39 is 11.6 Å². The molecule has 3 aromatic rings. The zero-order valence-electron chi connectivity index (χ0n) is 14.8. The van der Waals surface area contributed by atoms with Crippen LogP contribution in [0.25, 0.3) is 0 Å². The van der Waals surface area contributed by atoms with E-state index in [2.05, 4.69) is 24.8 Å². The molecule has 0 spiro atoms. The van der Waals surface area contributed by atoms with E-state index in [0.29, 0.717) is 11.0 Å². The summed E-state index contributed by atoms with van der Waals surface area (Å²) in [5.41, 5.74) is 0.232. The second-order valence-electron chi connectivity index (χ2n) is 6.88. The largest absolute Gasteiger partial charge is 0.337 e. The summed E-state index contributed by atoms with van der Waals surface area (Å²) in [5, 5.41) is 3.55. The molecule has 1 atom stereocenters. The number of benzene rings is 1. The zero-order valence-corrected chi connectivity index (χ0v) is 15.6. The third-order valence-electron chi connectivity index (χ3n) is 4.74. The highest BCUT2D eigenvalue weighted by Crippen LogP contribution is 2.27. The normalized spacial score (nSPS) is 17.9. The number of rotatable bonds is 6. The Morgan fingerprint density at radius 2 is 2.22 bits per heavy atom. The lowest BCUT2D eigenvalue weighted by molar-refractivity contribution is 0.157. The van der Waals surface area contributed by atoms with Crippen LogP contribution in [-0.4, -0.2) is 32.5 Å². The molecule has 0 radical (unpaired) electrons. The van der Waals surface area contributed by atoms with E-state index in [1.54, 1.807) is 0 Å². The Labute approximate surface area is 160 Å². The molecule has 1 N–H and O–H groups in total. The minimum absolute atomic E-state index is 0.232. The van der Waals surface area contributed by atoms with E-state index in [-0.39, 0.29) is 5.69 Å². The Morgan fingerprint density at radius 1 is 1.30 bits per heavy atom. The molecule has 4 rings (SSSR count). The van der Waals surface area contributed by atoms with Crippen LogP contribution < -0.4 is 5.32 Å². The Bertz CT molecular complexity index is 880. The fourth-order valence-electron chi connectivity index (χ4n) is 3.50. The maximum absolute atomic E-state index is 13.8. The number of imidazole rings is 1. The molecule has 1 saturated heterocycles. The van der Waals surface area contributed by atoms with Gasteiger partial charge in [-0.05, 0) is 37.4 Å². The first-order valence-electron chi connectivity index (χ1n) is 9.00. The highest BCUT2D eigenvalue weighted by molar-refractivity contribution is 7.15. The first-order valence-corrected chi connectivity index (χ1v) is 9.82. The van der Waals surface area contributed by atoms with Gasteiger partial charge in [-0.15, -0.1) is 11.3 Å². The summed E-state index contributed by atoms with van der Waals surface area (Å²) in [6, 6.07) is 3.48. The second kappa shape index (κ2) is 8.14. The predicted molar refractivity (Wildman–Crippen MR) is 102 cm³/mol. The molecule has 1 aliphatic heterocycles. The van der Waals surface area contributed by atoms with E-state index in [4.69, 9.17) is 0 Å². The van der Waals surface area contributed by atoms with Crippen molar-refractivity contribution in [2.45, 2.75) is 25.9 Å². The molecule has 8 heteroatoms. The van der Waals surface area contributed by atoms with Crippen LogP contribution in [0.1, 0.15) is 17.7 Å². The van der Waals surface area contributed by atoms with Gasteiger partial charge in [0.15, 0.2) is 5.13 Å². The van der Waals surface area contributed by atoms with Gasteiger partial charge in [-0.3, -0.25) is 4.90 Å². The summed E-state index contributed by atoms with van der Waals surface area (Å²) in [4.78, 5) is 12.0. The summed E-state index contributed by atoms with van der Waals surface area (Å²) in [7, 11) is 0. The fraction of sp³-hybridized carbons (Fsp3) is 0.368. The van der Waals surface area contributed by atoms with Crippen molar-refractivity contribution in [3.05, 3.63) is 59.6 Å². The summed E-state index contributed by atoms with van der Waals surface area (Å²) in [6.07, 6.45) is 9.94. The molecule has 27 heavy (non-hydrogen) atoms. The van der Waals surface area contributed by atoms with Gasteiger partial charge >= 0.3 is 0 Å². The first kappa shape index (κ1) is 18.1. The van der Waals surface area contributed by atoms with E-state index in [9.17, 15) is 8.78 Å². The Kier molecular flexibility index (Phi) is 5.45. The van der Waals surface area contributed by atoms with Gasteiger partial charge in [0, 0.05) is 49.2 Å². The molecule has 1 aromatic carbocycles. The minimum Gasteiger partial charge on any atom is -0.337 e. The SMILES string of the molecule is Fc1ccc(Nc2ncc(CN3CCCC(Cn4ccnc4)C3)s2)c(F)c1. The van der Waals surface area contributed by atoms with Gasteiger partial charge in [0.25, 0.3) is 0 Å². The van der Waals surface area contributed by atoms with Crippen LogP contribution in [0.4, 0.5) is 19.6 Å². The topological polar surface area (TPSA) is 46.0 Å². The quantitative estimate of drug-likeness (QED) is 0.684. The van der Waals surface area contributed by atoms with E-state index in [1.165, 1.54) is 36.3 Å². The summed E-state index contributed by atoms with van der Waals surface area (Å²) in [5.74, 6) is -0.592. The predicted octanol–water partition coefficient (Wildman–Crippen LogP) is 4.27. The van der Waals surface area contributed by atoms with Gasteiger partial charge in [-0.2, -0.15) is 0 Å². The van der Waals surface area contributed by atoms with Gasteiger partial charge in [0.05, 0.1) is 12.0 Å². The van der Waals surface area contributed by atoms with Gasteiger partial charge in [-0.25, -0.2) is 18.7 Å². The molecule has 142 valence electrons. The molecule has 2 aromatic heterocycles. The van der Waals surface area contributed by atoms with Gasteiger partial charge in [0.2, 0.25) is 0 Å². The fourth-order valence-corrected chi connectivity index (χ4v) is 4.37. The number of hydrogen-bond acceptors (Lipinski definition) is 5. The smallest absolute Gasteiger partial charge is 0.187 e. The summed E-state index contributed by atoms with van der Waals surface area (Å²) in [6.45, 7) is 3.96. The van der Waals surface area contributed by atoms with E-state index >= 15 is 0 Å².